The van der Waals surface area contributed by atoms with E-state index >= 15 is 0 Å². The van der Waals surface area contributed by atoms with Gasteiger partial charge in [-0.3, -0.25) is 10.00 Å². The molecular formula is C10H19ClN4. The summed E-state index contributed by atoms with van der Waals surface area (Å²) in [6, 6.07) is 0.363. The van der Waals surface area contributed by atoms with E-state index in [1.807, 2.05) is 0 Å². The summed E-state index contributed by atoms with van der Waals surface area (Å²) in [4.78, 5) is 2.40. The van der Waals surface area contributed by atoms with Gasteiger partial charge in [0.25, 0.3) is 0 Å². The highest BCUT2D eigenvalue weighted by atomic mass is 35.5. The lowest BCUT2D eigenvalue weighted by molar-refractivity contribution is 0.325. The second-order valence-corrected chi connectivity index (χ2v) is 4.20. The van der Waals surface area contributed by atoms with E-state index in [4.69, 9.17) is 5.73 Å². The molecule has 1 fully saturated rings. The minimum absolute atomic E-state index is 0. The average molecular weight is 231 g/mol. The normalized spacial score (nSPS) is 21.7. The molecule has 15 heavy (non-hydrogen) atoms. The molecule has 1 saturated heterocycles. The van der Waals surface area contributed by atoms with Gasteiger partial charge < -0.3 is 5.73 Å². The van der Waals surface area contributed by atoms with Gasteiger partial charge >= 0.3 is 0 Å². The molecule has 1 aliphatic heterocycles. The molecule has 1 atom stereocenters. The van der Waals surface area contributed by atoms with Crippen molar-refractivity contribution in [3.05, 3.63) is 17.0 Å². The third kappa shape index (κ3) is 2.71. The smallest absolute Gasteiger partial charge is 0.0639 e. The Balaban J connectivity index is 0.00000112. The largest absolute Gasteiger partial charge is 0.326 e. The molecule has 0 radical (unpaired) electrons. The SMILES string of the molecule is Cc1n[nH]c(C)c1CN1CCC(N)C1.Cl. The predicted molar refractivity (Wildman–Crippen MR) is 63.2 cm³/mol. The van der Waals surface area contributed by atoms with Crippen LogP contribution in [0.25, 0.3) is 0 Å². The molecule has 1 aromatic heterocycles. The highest BCUT2D eigenvalue weighted by Crippen LogP contribution is 2.16. The van der Waals surface area contributed by atoms with Crippen LogP contribution in [0.5, 0.6) is 0 Å². The summed E-state index contributed by atoms with van der Waals surface area (Å²) in [6.45, 7) is 7.25. The lowest BCUT2D eigenvalue weighted by Gasteiger charge is -2.14. The first kappa shape index (κ1) is 12.5. The quantitative estimate of drug-likeness (QED) is 0.797. The van der Waals surface area contributed by atoms with Gasteiger partial charge in [0.1, 0.15) is 0 Å². The van der Waals surface area contributed by atoms with Crippen LogP contribution in [0.4, 0.5) is 0 Å². The van der Waals surface area contributed by atoms with Gasteiger partial charge in [0.15, 0.2) is 0 Å². The van der Waals surface area contributed by atoms with Crippen LogP contribution in [0.2, 0.25) is 0 Å². The molecule has 1 aromatic rings. The summed E-state index contributed by atoms with van der Waals surface area (Å²) in [5, 5.41) is 7.21. The zero-order valence-corrected chi connectivity index (χ0v) is 10.1. The van der Waals surface area contributed by atoms with Crippen molar-refractivity contribution in [2.45, 2.75) is 32.9 Å². The molecule has 2 rings (SSSR count). The molecule has 0 amide bonds. The molecule has 1 aliphatic rings. The molecule has 86 valence electrons. The van der Waals surface area contributed by atoms with Gasteiger partial charge in [-0.15, -0.1) is 12.4 Å². The van der Waals surface area contributed by atoms with Crippen LogP contribution in [-0.2, 0) is 6.54 Å². The zero-order valence-electron chi connectivity index (χ0n) is 9.29. The van der Waals surface area contributed by atoms with Gasteiger partial charge in [-0.1, -0.05) is 0 Å². The number of rotatable bonds is 2. The van der Waals surface area contributed by atoms with Crippen LogP contribution in [-0.4, -0.2) is 34.2 Å². The van der Waals surface area contributed by atoms with E-state index in [-0.39, 0.29) is 12.4 Å². The lowest BCUT2D eigenvalue weighted by atomic mass is 10.2. The monoisotopic (exact) mass is 230 g/mol. The third-order valence-corrected chi connectivity index (χ3v) is 2.97. The van der Waals surface area contributed by atoms with Crippen LogP contribution in [0, 0.1) is 13.8 Å². The Morgan fingerprint density at radius 3 is 2.73 bits per heavy atom. The zero-order chi connectivity index (χ0) is 10.1. The Labute approximate surface area is 96.6 Å². The van der Waals surface area contributed by atoms with Gasteiger partial charge in [0.05, 0.1) is 5.69 Å². The maximum absolute atomic E-state index is 5.87. The first-order chi connectivity index (χ1) is 6.66. The fraction of sp³-hybridized carbons (Fsp3) is 0.700. The van der Waals surface area contributed by atoms with Crippen LogP contribution in [0.15, 0.2) is 0 Å². The molecule has 5 heteroatoms. The lowest BCUT2D eigenvalue weighted by Crippen LogP contribution is -2.26. The van der Waals surface area contributed by atoms with Crippen LogP contribution < -0.4 is 5.73 Å². The van der Waals surface area contributed by atoms with E-state index in [2.05, 4.69) is 28.9 Å². The van der Waals surface area contributed by atoms with Crippen molar-refractivity contribution < 1.29 is 0 Å². The van der Waals surface area contributed by atoms with E-state index in [0.29, 0.717) is 6.04 Å². The maximum Gasteiger partial charge on any atom is 0.0639 e. The predicted octanol–water partition coefficient (Wildman–Crippen LogP) is 0.981. The molecule has 0 spiro atoms. The molecule has 0 aliphatic carbocycles. The van der Waals surface area contributed by atoms with Gasteiger partial charge in [-0.05, 0) is 20.3 Å². The van der Waals surface area contributed by atoms with Crippen molar-refractivity contribution in [1.82, 2.24) is 15.1 Å². The second-order valence-electron chi connectivity index (χ2n) is 4.20. The van der Waals surface area contributed by atoms with Crippen LogP contribution >= 0.6 is 12.4 Å². The Bertz CT molecular complexity index is 304. The van der Waals surface area contributed by atoms with Crippen molar-refractivity contribution in [2.24, 2.45) is 5.73 Å². The Morgan fingerprint density at radius 1 is 1.53 bits per heavy atom. The summed E-state index contributed by atoms with van der Waals surface area (Å²) in [5.41, 5.74) is 9.49. The number of hydrogen-bond donors (Lipinski definition) is 2. The van der Waals surface area contributed by atoms with E-state index in [9.17, 15) is 0 Å². The Morgan fingerprint density at radius 2 is 2.27 bits per heavy atom. The topological polar surface area (TPSA) is 57.9 Å². The molecule has 0 aromatic carbocycles. The van der Waals surface area contributed by atoms with Crippen LogP contribution in [0.1, 0.15) is 23.4 Å². The highest BCUT2D eigenvalue weighted by molar-refractivity contribution is 5.85. The first-order valence-corrected chi connectivity index (χ1v) is 5.15. The van der Waals surface area contributed by atoms with Gasteiger partial charge in [-0.2, -0.15) is 5.10 Å². The fourth-order valence-electron chi connectivity index (χ4n) is 2.04. The number of H-pyrrole nitrogens is 1. The number of hydrogen-bond acceptors (Lipinski definition) is 3. The first-order valence-electron chi connectivity index (χ1n) is 5.15. The van der Waals surface area contributed by atoms with E-state index in [1.165, 1.54) is 11.3 Å². The van der Waals surface area contributed by atoms with Crippen molar-refractivity contribution in [1.29, 1.82) is 0 Å². The highest BCUT2D eigenvalue weighted by Gasteiger charge is 2.20. The summed E-state index contributed by atoms with van der Waals surface area (Å²) >= 11 is 0. The van der Waals surface area contributed by atoms with Crippen molar-refractivity contribution in [3.63, 3.8) is 0 Å². The fourth-order valence-corrected chi connectivity index (χ4v) is 2.04. The molecule has 0 saturated carbocycles. The summed E-state index contributed by atoms with van der Waals surface area (Å²) < 4.78 is 0. The van der Waals surface area contributed by atoms with Gasteiger partial charge in [-0.25, -0.2) is 0 Å². The van der Waals surface area contributed by atoms with Crippen molar-refractivity contribution in [2.75, 3.05) is 13.1 Å². The van der Waals surface area contributed by atoms with Gasteiger partial charge in [0.2, 0.25) is 0 Å². The number of halogens is 1. The van der Waals surface area contributed by atoms with E-state index < -0.39 is 0 Å². The Kier molecular flexibility index (Phi) is 4.13. The molecule has 0 bridgehead atoms. The molecule has 1 unspecified atom stereocenters. The molecule has 4 nitrogen and oxygen atoms in total. The average Bonchev–Trinajstić information content (AvgIpc) is 2.67. The third-order valence-electron chi connectivity index (χ3n) is 2.97. The Hall–Kier alpha value is -0.580. The maximum atomic E-state index is 5.87. The second kappa shape index (κ2) is 4.96. The van der Waals surface area contributed by atoms with Crippen molar-refractivity contribution in [3.8, 4) is 0 Å². The number of nitrogens with one attached hydrogen (secondary N) is 1. The number of aromatic amines is 1. The minimum atomic E-state index is 0. The van der Waals surface area contributed by atoms with E-state index in [0.717, 1.165) is 31.7 Å². The number of likely N-dealkylation sites (tertiary alicyclic amines) is 1. The molecule has 2 heterocycles. The number of nitrogens with two attached hydrogens (primary N) is 1. The molecular weight excluding hydrogens is 212 g/mol. The number of aryl methyl sites for hydroxylation is 2. The van der Waals surface area contributed by atoms with E-state index in [1.54, 1.807) is 0 Å². The number of nitrogens with zero attached hydrogens (tertiary/aromatic N) is 2. The van der Waals surface area contributed by atoms with Gasteiger partial charge in [0, 0.05) is 36.9 Å². The standard InChI is InChI=1S/C10H18N4.ClH/c1-7-10(8(2)13-12-7)6-14-4-3-9(11)5-14;/h9H,3-6,11H2,1-2H3,(H,12,13);1H. The van der Waals surface area contributed by atoms with Crippen LogP contribution in [0.3, 0.4) is 0 Å². The minimum Gasteiger partial charge on any atom is -0.326 e. The van der Waals surface area contributed by atoms with Crippen molar-refractivity contribution >= 4 is 12.4 Å². The number of aromatic nitrogens is 2. The summed E-state index contributed by atoms with van der Waals surface area (Å²) in [5.74, 6) is 0. The molecule has 3 N–H and O–H groups in total. The summed E-state index contributed by atoms with van der Waals surface area (Å²) in [7, 11) is 0. The summed E-state index contributed by atoms with van der Waals surface area (Å²) in [6.07, 6.45) is 1.12.